The highest BCUT2D eigenvalue weighted by molar-refractivity contribution is 6.21. The van der Waals surface area contributed by atoms with Gasteiger partial charge in [-0.25, -0.2) is 0 Å². The number of rotatable bonds is 2. The van der Waals surface area contributed by atoms with Gasteiger partial charge < -0.3 is 9.99 Å². The molecule has 0 saturated carbocycles. The summed E-state index contributed by atoms with van der Waals surface area (Å²) in [5.74, 6) is 1.03. The van der Waals surface area contributed by atoms with Crippen molar-refractivity contribution >= 4 is 44.7 Å². The van der Waals surface area contributed by atoms with Crippen molar-refractivity contribution in [3.05, 3.63) is 114 Å². The Morgan fingerprint density at radius 2 is 1.47 bits per heavy atom. The molecule has 3 heterocycles. The van der Waals surface area contributed by atoms with E-state index in [-0.39, 0.29) is 0 Å². The summed E-state index contributed by atoms with van der Waals surface area (Å²) in [6, 6.07) is 34.3. The Hall–Kier alpha value is -4.44. The van der Waals surface area contributed by atoms with Gasteiger partial charge in [0.1, 0.15) is 5.82 Å². The van der Waals surface area contributed by atoms with Crippen molar-refractivity contribution in [2.75, 3.05) is 0 Å². The van der Waals surface area contributed by atoms with E-state index in [0.29, 0.717) is 0 Å². The van der Waals surface area contributed by atoms with Crippen LogP contribution in [0.25, 0.3) is 50.4 Å². The first-order valence-electron chi connectivity index (χ1n) is 10.8. The molecule has 0 aliphatic carbocycles. The number of nitrogens with zero attached hydrogens (tertiary/aromatic N) is 2. The molecule has 0 radical (unpaired) electrons. The number of hydrazine groups is 1. The minimum Gasteiger partial charge on any atom is -0.316 e. The maximum absolute atomic E-state index is 3.42. The van der Waals surface area contributed by atoms with Crippen molar-refractivity contribution < 1.29 is 0 Å². The summed E-state index contributed by atoms with van der Waals surface area (Å²) in [6.07, 6.45) is 4.18. The van der Waals surface area contributed by atoms with Crippen LogP contribution in [0.3, 0.4) is 0 Å². The summed E-state index contributed by atoms with van der Waals surface area (Å²) < 4.78 is 4.64. The van der Waals surface area contributed by atoms with Gasteiger partial charge in [-0.3, -0.25) is 9.99 Å². The average Bonchev–Trinajstić information content (AvgIpc) is 3.43. The van der Waals surface area contributed by atoms with Crippen molar-refractivity contribution in [3.8, 4) is 5.69 Å². The Morgan fingerprint density at radius 1 is 0.656 bits per heavy atom. The zero-order valence-electron chi connectivity index (χ0n) is 17.3. The topological polar surface area (TPSA) is 33.9 Å². The molecule has 1 aliphatic heterocycles. The van der Waals surface area contributed by atoms with Gasteiger partial charge in [-0.05, 0) is 30.3 Å². The van der Waals surface area contributed by atoms with Gasteiger partial charge in [0.25, 0.3) is 0 Å². The first-order chi connectivity index (χ1) is 15.9. The lowest BCUT2D eigenvalue weighted by atomic mass is 10.1. The molecule has 0 unspecified atom stereocenters. The minimum absolute atomic E-state index is 1.03. The second kappa shape index (κ2) is 6.53. The number of hydrogen-bond acceptors (Lipinski definition) is 2. The van der Waals surface area contributed by atoms with Gasteiger partial charge in [-0.2, -0.15) is 0 Å². The molecule has 7 rings (SSSR count). The van der Waals surface area contributed by atoms with E-state index in [1.165, 1.54) is 43.1 Å². The lowest BCUT2D eigenvalue weighted by Gasteiger charge is -2.18. The standard InChI is InChI=1S/C28H20N4/c1-2-9-21(10-3-1)31-17-16-19-14-15-25-26(27(19)31)23-12-6-7-13-24(23)32(25)28-22-11-5-4-8-20(22)18-29-30-28/h1-18,29-30H. The smallest absolute Gasteiger partial charge is 0.137 e. The molecular formula is C28H20N4. The first kappa shape index (κ1) is 17.3. The molecule has 152 valence electrons. The summed E-state index contributed by atoms with van der Waals surface area (Å²) in [5, 5.41) is 6.07. The summed E-state index contributed by atoms with van der Waals surface area (Å²) in [4.78, 5) is 0. The van der Waals surface area contributed by atoms with Crippen LogP contribution in [-0.2, 0) is 0 Å². The van der Waals surface area contributed by atoms with Crippen molar-refractivity contribution in [1.29, 1.82) is 0 Å². The SMILES string of the molecule is C1=c2ccccc2=C(n2c3ccccc3c3c4c(ccc32)ccn4-c2ccccc2)NN1. The zero-order chi connectivity index (χ0) is 21.1. The maximum atomic E-state index is 3.42. The van der Waals surface area contributed by atoms with E-state index in [9.17, 15) is 0 Å². The predicted molar refractivity (Wildman–Crippen MR) is 132 cm³/mol. The molecule has 1 aliphatic rings. The lowest BCUT2D eigenvalue weighted by Crippen LogP contribution is -2.45. The molecular weight excluding hydrogens is 392 g/mol. The summed E-state index contributed by atoms with van der Waals surface area (Å²) in [5.41, 5.74) is 11.4. The van der Waals surface area contributed by atoms with E-state index in [2.05, 4.69) is 123 Å². The second-order valence-electron chi connectivity index (χ2n) is 8.12. The van der Waals surface area contributed by atoms with E-state index in [1.807, 2.05) is 6.20 Å². The van der Waals surface area contributed by atoms with Gasteiger partial charge in [-0.1, -0.05) is 66.7 Å². The van der Waals surface area contributed by atoms with Crippen LogP contribution in [0.2, 0.25) is 0 Å². The molecule has 0 saturated heterocycles. The summed E-state index contributed by atoms with van der Waals surface area (Å²) >= 11 is 0. The Morgan fingerprint density at radius 3 is 2.41 bits per heavy atom. The van der Waals surface area contributed by atoms with Crippen LogP contribution in [-0.4, -0.2) is 9.13 Å². The highest BCUT2D eigenvalue weighted by atomic mass is 15.4. The number of hydrogen-bond donors (Lipinski definition) is 2. The molecule has 2 aromatic heterocycles. The van der Waals surface area contributed by atoms with Gasteiger partial charge in [0.15, 0.2) is 0 Å². The van der Waals surface area contributed by atoms with Crippen LogP contribution >= 0.6 is 0 Å². The lowest BCUT2D eigenvalue weighted by molar-refractivity contribution is 0.777. The van der Waals surface area contributed by atoms with Gasteiger partial charge in [0, 0.05) is 44.7 Å². The largest absolute Gasteiger partial charge is 0.316 e. The van der Waals surface area contributed by atoms with Gasteiger partial charge in [-0.15, -0.1) is 0 Å². The van der Waals surface area contributed by atoms with Crippen molar-refractivity contribution in [1.82, 2.24) is 20.0 Å². The highest BCUT2D eigenvalue weighted by Crippen LogP contribution is 2.37. The van der Waals surface area contributed by atoms with Crippen molar-refractivity contribution in [3.63, 3.8) is 0 Å². The quantitative estimate of drug-likeness (QED) is 0.447. The molecule has 0 bridgehead atoms. The highest BCUT2D eigenvalue weighted by Gasteiger charge is 2.19. The van der Waals surface area contributed by atoms with Crippen LogP contribution < -0.4 is 21.3 Å². The molecule has 4 aromatic carbocycles. The van der Waals surface area contributed by atoms with Gasteiger partial charge in [0.2, 0.25) is 0 Å². The number of benzene rings is 4. The number of fused-ring (bicyclic) bond motifs is 6. The number of aromatic nitrogens is 2. The minimum atomic E-state index is 1.03. The Kier molecular flexibility index (Phi) is 3.52. The Bertz CT molecular complexity index is 1770. The van der Waals surface area contributed by atoms with E-state index in [1.54, 1.807) is 0 Å². The molecule has 0 spiro atoms. The van der Waals surface area contributed by atoms with E-state index >= 15 is 0 Å². The zero-order valence-corrected chi connectivity index (χ0v) is 17.3. The fraction of sp³-hybridized carbons (Fsp3) is 0. The fourth-order valence-electron chi connectivity index (χ4n) is 4.99. The van der Waals surface area contributed by atoms with Crippen LogP contribution in [0.5, 0.6) is 0 Å². The van der Waals surface area contributed by atoms with Crippen molar-refractivity contribution in [2.24, 2.45) is 0 Å². The summed E-state index contributed by atoms with van der Waals surface area (Å²) in [7, 11) is 0. The third-order valence-electron chi connectivity index (χ3n) is 6.38. The van der Waals surface area contributed by atoms with E-state index in [4.69, 9.17) is 0 Å². The van der Waals surface area contributed by atoms with E-state index in [0.717, 1.165) is 11.5 Å². The monoisotopic (exact) mass is 412 g/mol. The molecule has 2 N–H and O–H groups in total. The number of nitrogens with one attached hydrogen (secondary N) is 2. The normalized spacial score (nSPS) is 13.1. The van der Waals surface area contributed by atoms with Gasteiger partial charge in [0.05, 0.1) is 16.6 Å². The first-order valence-corrected chi connectivity index (χ1v) is 10.8. The third-order valence-corrected chi connectivity index (χ3v) is 6.38. The summed E-state index contributed by atoms with van der Waals surface area (Å²) in [6.45, 7) is 0. The molecule has 4 nitrogen and oxygen atoms in total. The molecule has 6 aromatic rings. The fourth-order valence-corrected chi connectivity index (χ4v) is 4.99. The molecule has 0 fully saturated rings. The molecule has 4 heteroatoms. The van der Waals surface area contributed by atoms with Crippen molar-refractivity contribution in [2.45, 2.75) is 0 Å². The third kappa shape index (κ3) is 2.32. The van der Waals surface area contributed by atoms with E-state index < -0.39 is 0 Å². The molecule has 32 heavy (non-hydrogen) atoms. The average molecular weight is 412 g/mol. The molecule has 0 amide bonds. The Balaban J connectivity index is 1.69. The van der Waals surface area contributed by atoms with Gasteiger partial charge >= 0.3 is 0 Å². The van der Waals surface area contributed by atoms with Crippen LogP contribution in [0, 0.1) is 0 Å². The second-order valence-corrected chi connectivity index (χ2v) is 8.12. The van der Waals surface area contributed by atoms with Crippen LogP contribution in [0.15, 0.2) is 103 Å². The predicted octanol–water partition coefficient (Wildman–Crippen LogP) is 4.20. The molecule has 0 atom stereocenters. The Labute approximate surface area is 184 Å². The van der Waals surface area contributed by atoms with Crippen LogP contribution in [0.4, 0.5) is 0 Å². The maximum Gasteiger partial charge on any atom is 0.137 e. The number of para-hydroxylation sites is 2. The van der Waals surface area contributed by atoms with Crippen LogP contribution in [0.1, 0.15) is 0 Å².